The van der Waals surface area contributed by atoms with Gasteiger partial charge in [0.05, 0.1) is 22.5 Å². The van der Waals surface area contributed by atoms with Crippen molar-refractivity contribution >= 4 is 40.7 Å². The molecule has 4 rings (SSSR count). The molecule has 2 aromatic heterocycles. The fourth-order valence-electron chi connectivity index (χ4n) is 2.88. The lowest BCUT2D eigenvalue weighted by Gasteiger charge is -2.12. The second kappa shape index (κ2) is 8.30. The van der Waals surface area contributed by atoms with E-state index in [4.69, 9.17) is 0 Å². The molecule has 6 nitrogen and oxygen atoms in total. The smallest absolute Gasteiger partial charge is 0.278 e. The zero-order valence-corrected chi connectivity index (χ0v) is 16.4. The molecule has 2 N–H and O–H groups in total. The van der Waals surface area contributed by atoms with E-state index in [0.29, 0.717) is 10.6 Å². The van der Waals surface area contributed by atoms with E-state index in [2.05, 4.69) is 15.2 Å². The van der Waals surface area contributed by atoms with Gasteiger partial charge in [-0.15, -0.1) is 0 Å². The Kier molecular flexibility index (Phi) is 5.41. The molecule has 1 amide bonds. The van der Waals surface area contributed by atoms with E-state index in [1.54, 1.807) is 18.3 Å². The zero-order chi connectivity index (χ0) is 20.2. The van der Waals surface area contributed by atoms with Crippen LogP contribution in [0.4, 0.5) is 0 Å². The summed E-state index contributed by atoms with van der Waals surface area (Å²) in [7, 11) is 1.32. The molecule has 0 saturated heterocycles. The van der Waals surface area contributed by atoms with Crippen molar-refractivity contribution in [3.8, 4) is 0 Å². The normalized spacial score (nSPS) is 11.2. The lowest BCUT2D eigenvalue weighted by molar-refractivity contribution is -0.0377. The summed E-state index contributed by atoms with van der Waals surface area (Å²) in [6, 6.07) is 18.9. The van der Waals surface area contributed by atoms with Crippen molar-refractivity contribution in [1.82, 2.24) is 20.2 Å². The Bertz CT molecular complexity index is 1190. The van der Waals surface area contributed by atoms with Crippen LogP contribution in [-0.4, -0.2) is 38.4 Å². The first-order chi connectivity index (χ1) is 14.1. The van der Waals surface area contributed by atoms with E-state index in [0.717, 1.165) is 32.1 Å². The Hall–Kier alpha value is -3.42. The average Bonchev–Trinajstić information content (AvgIpc) is 3.15. The highest BCUT2D eigenvalue weighted by molar-refractivity contribution is 7.99. The summed E-state index contributed by atoms with van der Waals surface area (Å²) in [6.45, 7) is 0. The number of nitrogens with zero attached hydrogens (tertiary/aromatic N) is 3. The van der Waals surface area contributed by atoms with Gasteiger partial charge in [0.25, 0.3) is 5.91 Å². The number of carbonyl (C=O) groups is 1. The lowest BCUT2D eigenvalue weighted by Crippen LogP contribution is -2.22. The number of aromatic nitrogens is 3. The summed E-state index contributed by atoms with van der Waals surface area (Å²) in [5.41, 5.74) is 3.05. The molecule has 0 unspecified atom stereocenters. The molecule has 0 aliphatic heterocycles. The molecule has 0 atom stereocenters. The Balaban J connectivity index is 1.60. The Morgan fingerprint density at radius 1 is 1.10 bits per heavy atom. The van der Waals surface area contributed by atoms with Gasteiger partial charge >= 0.3 is 0 Å². The standard InChI is InChI=1S/C22H18N4O2S/c1-26(28)22(27)18-7-2-3-8-21(18)29-16-10-11-17-19(24-25-20(17)14-16)12-9-15-6-4-5-13-23-15/h2-14,28H,1H3,(H,24,25). The highest BCUT2D eigenvalue weighted by Crippen LogP contribution is 2.33. The number of hydrogen-bond acceptors (Lipinski definition) is 5. The van der Waals surface area contributed by atoms with Crippen molar-refractivity contribution in [3.05, 3.63) is 83.8 Å². The minimum Gasteiger partial charge on any atom is -0.286 e. The van der Waals surface area contributed by atoms with E-state index in [1.165, 1.54) is 18.8 Å². The second-order valence-electron chi connectivity index (χ2n) is 6.33. The highest BCUT2D eigenvalue weighted by Gasteiger charge is 2.15. The fourth-order valence-corrected chi connectivity index (χ4v) is 3.86. The molecule has 0 radical (unpaired) electrons. The number of amides is 1. The zero-order valence-electron chi connectivity index (χ0n) is 15.6. The third-order valence-electron chi connectivity index (χ3n) is 4.30. The first kappa shape index (κ1) is 18.9. The van der Waals surface area contributed by atoms with Crippen LogP contribution >= 0.6 is 11.8 Å². The van der Waals surface area contributed by atoms with Crippen LogP contribution in [0.3, 0.4) is 0 Å². The third kappa shape index (κ3) is 4.21. The van der Waals surface area contributed by atoms with Crippen LogP contribution in [0.2, 0.25) is 0 Å². The first-order valence-electron chi connectivity index (χ1n) is 8.93. The van der Waals surface area contributed by atoms with Crippen LogP contribution in [0.1, 0.15) is 21.7 Å². The Morgan fingerprint density at radius 2 is 1.93 bits per heavy atom. The molecular formula is C22H18N4O2S. The molecule has 2 heterocycles. The van der Waals surface area contributed by atoms with Crippen molar-refractivity contribution in [2.45, 2.75) is 9.79 Å². The summed E-state index contributed by atoms with van der Waals surface area (Å²) >= 11 is 1.46. The van der Waals surface area contributed by atoms with Gasteiger partial charge in [-0.05, 0) is 54.6 Å². The highest BCUT2D eigenvalue weighted by atomic mass is 32.2. The summed E-state index contributed by atoms with van der Waals surface area (Å²) in [5.74, 6) is -0.447. The first-order valence-corrected chi connectivity index (χ1v) is 9.74. The summed E-state index contributed by atoms with van der Waals surface area (Å²) in [4.78, 5) is 18.2. The molecule has 0 spiro atoms. The van der Waals surface area contributed by atoms with Gasteiger partial charge in [-0.25, -0.2) is 5.06 Å². The summed E-state index contributed by atoms with van der Waals surface area (Å²) < 4.78 is 0. The molecule has 0 fully saturated rings. The molecule has 144 valence electrons. The SMILES string of the molecule is CN(O)C(=O)c1ccccc1Sc1ccc2c(C=Cc3ccccn3)n[nH]c2c1. The number of hydroxylamine groups is 2. The Morgan fingerprint density at radius 3 is 2.72 bits per heavy atom. The number of aromatic amines is 1. The van der Waals surface area contributed by atoms with Crippen molar-refractivity contribution < 1.29 is 10.0 Å². The average molecular weight is 402 g/mol. The maximum absolute atomic E-state index is 12.2. The summed E-state index contributed by atoms with van der Waals surface area (Å²) in [6.07, 6.45) is 5.60. The number of rotatable bonds is 5. The van der Waals surface area contributed by atoms with Gasteiger partial charge in [0.2, 0.25) is 0 Å². The molecule has 4 aromatic rings. The van der Waals surface area contributed by atoms with E-state index < -0.39 is 5.91 Å². The van der Waals surface area contributed by atoms with Crippen molar-refractivity contribution in [3.63, 3.8) is 0 Å². The topological polar surface area (TPSA) is 82.1 Å². The molecule has 0 saturated carbocycles. The third-order valence-corrected chi connectivity index (χ3v) is 5.37. The van der Waals surface area contributed by atoms with Crippen LogP contribution < -0.4 is 0 Å². The van der Waals surface area contributed by atoms with Crippen LogP contribution in [0.15, 0.2) is 76.7 Å². The molecule has 0 bridgehead atoms. The number of fused-ring (bicyclic) bond motifs is 1. The molecule has 29 heavy (non-hydrogen) atoms. The number of H-pyrrole nitrogens is 1. The van der Waals surface area contributed by atoms with E-state index in [9.17, 15) is 10.0 Å². The number of benzene rings is 2. The molecule has 0 aliphatic carbocycles. The van der Waals surface area contributed by atoms with Crippen molar-refractivity contribution in [1.29, 1.82) is 0 Å². The van der Waals surface area contributed by atoms with Gasteiger partial charge in [0.15, 0.2) is 0 Å². The van der Waals surface area contributed by atoms with Crippen molar-refractivity contribution in [2.24, 2.45) is 0 Å². The van der Waals surface area contributed by atoms with Crippen LogP contribution in [0.5, 0.6) is 0 Å². The molecular weight excluding hydrogens is 384 g/mol. The van der Waals surface area contributed by atoms with Crippen LogP contribution in [-0.2, 0) is 0 Å². The van der Waals surface area contributed by atoms with E-state index >= 15 is 0 Å². The second-order valence-corrected chi connectivity index (χ2v) is 7.45. The van der Waals surface area contributed by atoms with Gasteiger partial charge in [-0.1, -0.05) is 30.0 Å². The van der Waals surface area contributed by atoms with Crippen LogP contribution in [0.25, 0.3) is 23.1 Å². The minimum atomic E-state index is -0.447. The number of nitrogens with one attached hydrogen (secondary N) is 1. The van der Waals surface area contributed by atoms with E-state index in [1.807, 2.05) is 60.7 Å². The molecule has 7 heteroatoms. The van der Waals surface area contributed by atoms with Gasteiger partial charge in [0.1, 0.15) is 0 Å². The lowest BCUT2D eigenvalue weighted by atomic mass is 10.2. The quantitative estimate of drug-likeness (QED) is 0.372. The number of pyridine rings is 1. The molecule has 2 aromatic carbocycles. The monoisotopic (exact) mass is 402 g/mol. The largest absolute Gasteiger partial charge is 0.286 e. The van der Waals surface area contributed by atoms with Gasteiger partial charge in [-0.3, -0.25) is 20.1 Å². The Labute approximate surface area is 171 Å². The van der Waals surface area contributed by atoms with Gasteiger partial charge in [0, 0.05) is 28.4 Å². The van der Waals surface area contributed by atoms with Gasteiger partial charge < -0.3 is 0 Å². The fraction of sp³-hybridized carbons (Fsp3) is 0.0455. The number of hydrogen-bond donors (Lipinski definition) is 2. The maximum atomic E-state index is 12.2. The predicted molar refractivity (Wildman–Crippen MR) is 114 cm³/mol. The number of carbonyl (C=O) groups excluding carboxylic acids is 1. The van der Waals surface area contributed by atoms with Crippen LogP contribution in [0, 0.1) is 0 Å². The predicted octanol–water partition coefficient (Wildman–Crippen LogP) is 4.74. The van der Waals surface area contributed by atoms with Crippen molar-refractivity contribution in [2.75, 3.05) is 7.05 Å². The van der Waals surface area contributed by atoms with E-state index in [-0.39, 0.29) is 0 Å². The summed E-state index contributed by atoms with van der Waals surface area (Å²) in [5, 5.41) is 18.5. The minimum absolute atomic E-state index is 0.447. The maximum Gasteiger partial charge on any atom is 0.278 e. The van der Waals surface area contributed by atoms with Gasteiger partial charge in [-0.2, -0.15) is 5.10 Å². The molecule has 0 aliphatic rings.